The number of urea groups is 1. The molecule has 12 nitrogen and oxygen atoms in total. The van der Waals surface area contributed by atoms with Crippen molar-refractivity contribution in [1.29, 1.82) is 0 Å². The van der Waals surface area contributed by atoms with Crippen molar-refractivity contribution in [2.45, 2.75) is 57.0 Å². The number of piperazine rings is 1. The van der Waals surface area contributed by atoms with Gasteiger partial charge in [-0.1, -0.05) is 36.9 Å². The maximum absolute atomic E-state index is 13.5. The predicted molar refractivity (Wildman–Crippen MR) is 163 cm³/mol. The van der Waals surface area contributed by atoms with E-state index in [9.17, 15) is 9.59 Å². The number of benzene rings is 1. The van der Waals surface area contributed by atoms with Crippen LogP contribution >= 0.6 is 11.6 Å². The molecule has 1 aliphatic heterocycles. The number of carbonyl (C=O) groups is 2. The van der Waals surface area contributed by atoms with E-state index in [1.807, 2.05) is 18.2 Å². The average molecular weight is 611 g/mol. The largest absolute Gasteiger partial charge is 0.493 e. The molecule has 0 spiro atoms. The van der Waals surface area contributed by atoms with Gasteiger partial charge < -0.3 is 29.9 Å². The minimum Gasteiger partial charge on any atom is -0.493 e. The lowest BCUT2D eigenvalue weighted by atomic mass is 9.95. The van der Waals surface area contributed by atoms with Crippen molar-refractivity contribution in [3.63, 3.8) is 0 Å². The van der Waals surface area contributed by atoms with Crippen LogP contribution in [0.25, 0.3) is 5.95 Å². The lowest BCUT2D eigenvalue weighted by Crippen LogP contribution is -2.60. The van der Waals surface area contributed by atoms with E-state index in [0.29, 0.717) is 61.0 Å². The number of nitrogens with one attached hydrogen (secondary N) is 2. The molecule has 1 atom stereocenters. The second-order valence-corrected chi connectivity index (χ2v) is 11.3. The number of halogens is 1. The molecule has 3 aromatic rings. The fourth-order valence-electron chi connectivity index (χ4n) is 5.73. The van der Waals surface area contributed by atoms with Crippen molar-refractivity contribution in [2.24, 2.45) is 0 Å². The van der Waals surface area contributed by atoms with Crippen LogP contribution in [-0.4, -0.2) is 88.8 Å². The summed E-state index contributed by atoms with van der Waals surface area (Å²) in [5.41, 5.74) is 1.02. The highest BCUT2D eigenvalue weighted by atomic mass is 35.5. The van der Waals surface area contributed by atoms with Gasteiger partial charge in [0.2, 0.25) is 11.9 Å². The number of hydrogen-bond acceptors (Lipinski definition) is 8. The van der Waals surface area contributed by atoms with Gasteiger partial charge in [-0.15, -0.1) is 0 Å². The summed E-state index contributed by atoms with van der Waals surface area (Å²) in [6.45, 7) is 1.88. The normalized spacial score (nSPS) is 17.4. The molecule has 13 heteroatoms. The molecule has 43 heavy (non-hydrogen) atoms. The van der Waals surface area contributed by atoms with Gasteiger partial charge in [-0.25, -0.2) is 14.8 Å². The predicted octanol–water partition coefficient (Wildman–Crippen LogP) is 3.61. The zero-order valence-electron chi connectivity index (χ0n) is 24.7. The summed E-state index contributed by atoms with van der Waals surface area (Å²) < 4.78 is 12.4. The number of nitrogens with zero attached hydrogens (tertiary/aromatic N) is 6. The monoisotopic (exact) mass is 610 g/mol. The van der Waals surface area contributed by atoms with Crippen molar-refractivity contribution < 1.29 is 19.1 Å². The Morgan fingerprint density at radius 3 is 2.60 bits per heavy atom. The second kappa shape index (κ2) is 14.4. The maximum Gasteiger partial charge on any atom is 0.318 e. The number of anilines is 1. The molecule has 2 aromatic heterocycles. The van der Waals surface area contributed by atoms with Gasteiger partial charge in [0, 0.05) is 57.1 Å². The van der Waals surface area contributed by atoms with E-state index >= 15 is 0 Å². The van der Waals surface area contributed by atoms with Gasteiger partial charge in [0.25, 0.3) is 0 Å². The molecule has 1 saturated heterocycles. The Morgan fingerprint density at radius 1 is 1.05 bits per heavy atom. The van der Waals surface area contributed by atoms with Crippen LogP contribution in [0, 0.1) is 0 Å². The standard InChI is InChI=1S/C30H39ClN8O4/c1-42-24-9-8-21(16-25(24)43-2)10-11-33-28(40)17-23-19-37(14-15-39(23)30(41)34-22-6-4-3-5-7-22)27-18-26(31)35-29(36-27)38-13-12-32-20-38/h8-9,12-13,16,18,20,22-23H,3-7,10-11,14-15,17,19H2,1-2H3,(H,33,40)(H,34,41). The number of hydrogen-bond donors (Lipinski definition) is 2. The Hall–Kier alpha value is -4.06. The quantitative estimate of drug-likeness (QED) is 0.333. The van der Waals surface area contributed by atoms with Crippen LogP contribution in [0.2, 0.25) is 5.15 Å². The van der Waals surface area contributed by atoms with Gasteiger partial charge in [0.1, 0.15) is 17.3 Å². The minimum atomic E-state index is -0.358. The molecule has 1 aliphatic carbocycles. The van der Waals surface area contributed by atoms with E-state index in [2.05, 4.69) is 25.5 Å². The third-order valence-electron chi connectivity index (χ3n) is 8.01. The lowest BCUT2D eigenvalue weighted by molar-refractivity contribution is -0.122. The minimum absolute atomic E-state index is 0.116. The topological polar surface area (TPSA) is 127 Å². The number of aromatic nitrogens is 4. The molecule has 2 fully saturated rings. The van der Waals surface area contributed by atoms with Crippen LogP contribution in [0.15, 0.2) is 43.0 Å². The van der Waals surface area contributed by atoms with Gasteiger partial charge in [-0.3, -0.25) is 9.36 Å². The van der Waals surface area contributed by atoms with Crippen molar-refractivity contribution in [2.75, 3.05) is 45.3 Å². The van der Waals surface area contributed by atoms with Crippen LogP contribution in [0.1, 0.15) is 44.1 Å². The molecule has 230 valence electrons. The van der Waals surface area contributed by atoms with Gasteiger partial charge >= 0.3 is 6.03 Å². The summed E-state index contributed by atoms with van der Waals surface area (Å²) in [5, 5.41) is 6.56. The lowest BCUT2D eigenvalue weighted by Gasteiger charge is -2.42. The van der Waals surface area contributed by atoms with Crippen molar-refractivity contribution in [3.8, 4) is 17.4 Å². The summed E-state index contributed by atoms with van der Waals surface area (Å²) in [5.74, 6) is 2.22. The zero-order chi connectivity index (χ0) is 30.2. The summed E-state index contributed by atoms with van der Waals surface area (Å²) in [6, 6.07) is 7.13. The Morgan fingerprint density at radius 2 is 1.86 bits per heavy atom. The second-order valence-electron chi connectivity index (χ2n) is 10.9. The van der Waals surface area contributed by atoms with Crippen LogP contribution in [0.5, 0.6) is 11.5 Å². The fraction of sp³-hybridized carbons (Fsp3) is 0.500. The highest BCUT2D eigenvalue weighted by Crippen LogP contribution is 2.28. The molecule has 3 amide bonds. The molecule has 0 radical (unpaired) electrons. The molecule has 1 unspecified atom stereocenters. The first kappa shape index (κ1) is 30.4. The van der Waals surface area contributed by atoms with Gasteiger partial charge in [-0.2, -0.15) is 4.98 Å². The zero-order valence-corrected chi connectivity index (χ0v) is 25.4. The smallest absolute Gasteiger partial charge is 0.318 e. The molecular weight excluding hydrogens is 572 g/mol. The number of amides is 3. The Balaban J connectivity index is 1.26. The van der Waals surface area contributed by atoms with E-state index in [-0.39, 0.29) is 30.4 Å². The van der Waals surface area contributed by atoms with Crippen LogP contribution in [-0.2, 0) is 11.2 Å². The van der Waals surface area contributed by atoms with Crippen LogP contribution in [0.3, 0.4) is 0 Å². The molecule has 5 rings (SSSR count). The molecule has 1 aromatic carbocycles. The first-order valence-corrected chi connectivity index (χ1v) is 15.1. The van der Waals surface area contributed by atoms with E-state index in [1.54, 1.807) is 48.5 Å². The van der Waals surface area contributed by atoms with Gasteiger partial charge in [-0.05, 0) is 37.0 Å². The molecule has 3 heterocycles. The number of rotatable bonds is 10. The Kier molecular flexibility index (Phi) is 10.2. The highest BCUT2D eigenvalue weighted by molar-refractivity contribution is 6.29. The van der Waals surface area contributed by atoms with Gasteiger partial charge in [0.15, 0.2) is 11.5 Å². The van der Waals surface area contributed by atoms with Crippen LogP contribution in [0.4, 0.5) is 10.6 Å². The first-order chi connectivity index (χ1) is 20.9. The molecular formula is C30H39ClN8O4. The van der Waals surface area contributed by atoms with E-state index in [0.717, 1.165) is 31.2 Å². The molecule has 0 bridgehead atoms. The van der Waals surface area contributed by atoms with Crippen molar-refractivity contribution in [3.05, 3.63) is 53.7 Å². The van der Waals surface area contributed by atoms with Crippen molar-refractivity contribution in [1.82, 2.24) is 35.1 Å². The molecule has 2 N–H and O–H groups in total. The molecule has 2 aliphatic rings. The Bertz CT molecular complexity index is 1380. The van der Waals surface area contributed by atoms with E-state index in [1.165, 1.54) is 6.42 Å². The Labute approximate surface area is 256 Å². The number of ether oxygens (including phenoxy) is 2. The van der Waals surface area contributed by atoms with E-state index in [4.69, 9.17) is 26.1 Å². The number of carbonyl (C=O) groups excluding carboxylic acids is 2. The summed E-state index contributed by atoms with van der Waals surface area (Å²) in [7, 11) is 3.20. The SMILES string of the molecule is COc1ccc(CCNC(=O)CC2CN(c3cc(Cl)nc(-n4ccnc4)n3)CCN2C(=O)NC2CCCCC2)cc1OC. The maximum atomic E-state index is 13.5. The number of methoxy groups -OCH3 is 2. The van der Waals surface area contributed by atoms with Crippen molar-refractivity contribution >= 4 is 29.4 Å². The fourth-order valence-corrected chi connectivity index (χ4v) is 5.90. The highest BCUT2D eigenvalue weighted by Gasteiger charge is 2.34. The average Bonchev–Trinajstić information content (AvgIpc) is 3.56. The van der Waals surface area contributed by atoms with E-state index < -0.39 is 0 Å². The summed E-state index contributed by atoms with van der Waals surface area (Å²) in [6.07, 6.45) is 11.2. The third-order valence-corrected chi connectivity index (χ3v) is 8.20. The van der Waals surface area contributed by atoms with Crippen LogP contribution < -0.4 is 25.0 Å². The third kappa shape index (κ3) is 7.86. The summed E-state index contributed by atoms with van der Waals surface area (Å²) in [4.78, 5) is 43.6. The summed E-state index contributed by atoms with van der Waals surface area (Å²) >= 11 is 6.37. The number of imidazole rings is 1. The van der Waals surface area contributed by atoms with Gasteiger partial charge in [0.05, 0.1) is 20.3 Å². The molecule has 1 saturated carbocycles. The first-order valence-electron chi connectivity index (χ1n) is 14.8.